The van der Waals surface area contributed by atoms with Gasteiger partial charge in [-0.25, -0.2) is 0 Å². The number of thioether (sulfide) groups is 1. The molecule has 0 saturated carbocycles. The zero-order valence-corrected chi connectivity index (χ0v) is 12.7. The van der Waals surface area contributed by atoms with Crippen LogP contribution in [0.15, 0.2) is 17.6 Å². The summed E-state index contributed by atoms with van der Waals surface area (Å²) in [5, 5.41) is 6.37. The molecule has 0 bridgehead atoms. The van der Waals surface area contributed by atoms with E-state index in [-0.39, 0.29) is 24.0 Å². The van der Waals surface area contributed by atoms with Crippen LogP contribution >= 0.6 is 35.7 Å². The maximum Gasteiger partial charge on any atom is 0.191 e. The zero-order valence-electron chi connectivity index (χ0n) is 9.58. The standard InChI is InChI=1S/C10H21N3S.HI/c1-4-7-12-10(11-2)13-8-5-6-9-14-3;/h4H,1,5-9H2,2-3H3,(H2,11,12,13);1H. The Morgan fingerprint density at radius 2 is 2.13 bits per heavy atom. The summed E-state index contributed by atoms with van der Waals surface area (Å²) in [4.78, 5) is 4.08. The third-order valence-electron chi connectivity index (χ3n) is 1.71. The van der Waals surface area contributed by atoms with Crippen molar-refractivity contribution in [2.45, 2.75) is 12.8 Å². The Kier molecular flexibility index (Phi) is 16.4. The largest absolute Gasteiger partial charge is 0.356 e. The Morgan fingerprint density at radius 3 is 2.67 bits per heavy atom. The first-order valence-corrected chi connectivity index (χ1v) is 6.29. The van der Waals surface area contributed by atoms with Gasteiger partial charge in [-0.05, 0) is 24.9 Å². The van der Waals surface area contributed by atoms with Crippen LogP contribution in [0.4, 0.5) is 0 Å². The lowest BCUT2D eigenvalue weighted by molar-refractivity contribution is 0.742. The van der Waals surface area contributed by atoms with Crippen LogP contribution in [0.2, 0.25) is 0 Å². The van der Waals surface area contributed by atoms with Gasteiger partial charge < -0.3 is 10.6 Å². The summed E-state index contributed by atoms with van der Waals surface area (Å²) in [6.45, 7) is 5.38. The van der Waals surface area contributed by atoms with Gasteiger partial charge in [-0.1, -0.05) is 6.08 Å². The molecule has 90 valence electrons. The number of nitrogens with zero attached hydrogens (tertiary/aromatic N) is 1. The molecule has 0 saturated heterocycles. The third-order valence-corrected chi connectivity index (χ3v) is 2.40. The first-order chi connectivity index (χ1) is 6.85. The molecule has 0 aliphatic carbocycles. The van der Waals surface area contributed by atoms with Crippen LogP contribution in [-0.4, -0.2) is 38.1 Å². The number of unbranched alkanes of at least 4 members (excludes halogenated alkanes) is 1. The summed E-state index contributed by atoms with van der Waals surface area (Å²) in [6.07, 6.45) is 6.40. The van der Waals surface area contributed by atoms with Gasteiger partial charge in [-0.3, -0.25) is 4.99 Å². The zero-order chi connectivity index (χ0) is 10.6. The number of hydrogen-bond acceptors (Lipinski definition) is 2. The number of rotatable bonds is 7. The first kappa shape index (κ1) is 17.5. The predicted molar refractivity (Wildman–Crippen MR) is 82.6 cm³/mol. The molecule has 15 heavy (non-hydrogen) atoms. The van der Waals surface area contributed by atoms with E-state index in [4.69, 9.17) is 0 Å². The highest BCUT2D eigenvalue weighted by Gasteiger charge is 1.93. The summed E-state index contributed by atoms with van der Waals surface area (Å²) >= 11 is 1.89. The molecule has 0 aliphatic heterocycles. The molecule has 0 fully saturated rings. The van der Waals surface area contributed by atoms with Gasteiger partial charge in [0.25, 0.3) is 0 Å². The van der Waals surface area contributed by atoms with E-state index in [1.807, 2.05) is 17.8 Å². The topological polar surface area (TPSA) is 36.4 Å². The smallest absolute Gasteiger partial charge is 0.191 e. The molecule has 0 spiro atoms. The van der Waals surface area contributed by atoms with E-state index < -0.39 is 0 Å². The average Bonchev–Trinajstić information content (AvgIpc) is 2.22. The molecule has 0 amide bonds. The van der Waals surface area contributed by atoms with Crippen molar-refractivity contribution >= 4 is 41.7 Å². The van der Waals surface area contributed by atoms with Gasteiger partial charge >= 0.3 is 0 Å². The van der Waals surface area contributed by atoms with Crippen LogP contribution in [0, 0.1) is 0 Å². The highest BCUT2D eigenvalue weighted by atomic mass is 127. The molecule has 3 nitrogen and oxygen atoms in total. The third kappa shape index (κ3) is 12.0. The number of halogens is 1. The molecule has 0 rings (SSSR count). The fourth-order valence-corrected chi connectivity index (χ4v) is 1.46. The normalized spacial score (nSPS) is 10.4. The molecule has 0 aromatic heterocycles. The minimum Gasteiger partial charge on any atom is -0.356 e. The Morgan fingerprint density at radius 1 is 1.40 bits per heavy atom. The first-order valence-electron chi connectivity index (χ1n) is 4.89. The fourth-order valence-electron chi connectivity index (χ4n) is 0.968. The molecular formula is C10H22IN3S. The predicted octanol–water partition coefficient (Wildman–Crippen LogP) is 2.10. The summed E-state index contributed by atoms with van der Waals surface area (Å²) in [7, 11) is 1.78. The van der Waals surface area contributed by atoms with Crippen molar-refractivity contribution in [3.63, 3.8) is 0 Å². The Hall–Kier alpha value is 0.0900. The van der Waals surface area contributed by atoms with E-state index in [2.05, 4.69) is 28.5 Å². The van der Waals surface area contributed by atoms with Crippen LogP contribution in [0.3, 0.4) is 0 Å². The maximum atomic E-state index is 4.08. The van der Waals surface area contributed by atoms with Gasteiger partial charge in [0.15, 0.2) is 5.96 Å². The Labute approximate surface area is 115 Å². The van der Waals surface area contributed by atoms with Gasteiger partial charge in [0.2, 0.25) is 0 Å². The van der Waals surface area contributed by atoms with Crippen molar-refractivity contribution in [3.8, 4) is 0 Å². The Bertz CT molecular complexity index is 174. The molecule has 0 unspecified atom stereocenters. The van der Waals surface area contributed by atoms with Crippen LogP contribution in [0.5, 0.6) is 0 Å². The van der Waals surface area contributed by atoms with Crippen molar-refractivity contribution in [1.82, 2.24) is 10.6 Å². The van der Waals surface area contributed by atoms with Crippen molar-refractivity contribution < 1.29 is 0 Å². The second-order valence-electron chi connectivity index (χ2n) is 2.87. The summed E-state index contributed by atoms with van der Waals surface area (Å²) in [5.41, 5.74) is 0. The van der Waals surface area contributed by atoms with E-state index in [9.17, 15) is 0 Å². The van der Waals surface area contributed by atoms with E-state index >= 15 is 0 Å². The molecule has 0 heterocycles. The fraction of sp³-hybridized carbons (Fsp3) is 0.700. The van der Waals surface area contributed by atoms with E-state index in [1.54, 1.807) is 7.05 Å². The highest BCUT2D eigenvalue weighted by molar-refractivity contribution is 14.0. The summed E-state index contributed by atoms with van der Waals surface area (Å²) in [6, 6.07) is 0. The van der Waals surface area contributed by atoms with E-state index in [0.717, 1.165) is 19.0 Å². The van der Waals surface area contributed by atoms with Gasteiger partial charge in [-0.2, -0.15) is 11.8 Å². The van der Waals surface area contributed by atoms with Gasteiger partial charge in [-0.15, -0.1) is 30.6 Å². The van der Waals surface area contributed by atoms with Crippen molar-refractivity contribution in [2.75, 3.05) is 32.1 Å². The molecule has 5 heteroatoms. The van der Waals surface area contributed by atoms with Crippen LogP contribution in [0.25, 0.3) is 0 Å². The number of nitrogens with one attached hydrogen (secondary N) is 2. The van der Waals surface area contributed by atoms with Crippen LogP contribution < -0.4 is 10.6 Å². The lowest BCUT2D eigenvalue weighted by Gasteiger charge is -2.09. The monoisotopic (exact) mass is 343 g/mol. The van der Waals surface area contributed by atoms with E-state index in [1.165, 1.54) is 18.6 Å². The summed E-state index contributed by atoms with van der Waals surface area (Å²) < 4.78 is 0. The number of aliphatic imine (C=N–C) groups is 1. The molecule has 0 atom stereocenters. The lowest BCUT2D eigenvalue weighted by atomic mass is 10.3. The minimum absolute atomic E-state index is 0. The van der Waals surface area contributed by atoms with Crippen LogP contribution in [-0.2, 0) is 0 Å². The summed E-state index contributed by atoms with van der Waals surface area (Å²) in [5.74, 6) is 2.09. The quantitative estimate of drug-likeness (QED) is 0.244. The van der Waals surface area contributed by atoms with Gasteiger partial charge in [0.1, 0.15) is 0 Å². The average molecular weight is 343 g/mol. The molecule has 0 aromatic carbocycles. The van der Waals surface area contributed by atoms with Gasteiger partial charge in [0.05, 0.1) is 0 Å². The second-order valence-corrected chi connectivity index (χ2v) is 3.85. The minimum atomic E-state index is 0. The molecule has 0 aromatic rings. The Balaban J connectivity index is 0. The molecule has 2 N–H and O–H groups in total. The maximum absolute atomic E-state index is 4.08. The van der Waals surface area contributed by atoms with Crippen LogP contribution in [0.1, 0.15) is 12.8 Å². The SMILES string of the molecule is C=CCNC(=NC)NCCCCSC.I. The molecule has 0 radical (unpaired) electrons. The molecule has 0 aliphatic rings. The number of hydrogen-bond donors (Lipinski definition) is 2. The highest BCUT2D eigenvalue weighted by Crippen LogP contribution is 1.97. The second kappa shape index (κ2) is 14.1. The van der Waals surface area contributed by atoms with Crippen molar-refractivity contribution in [2.24, 2.45) is 4.99 Å². The van der Waals surface area contributed by atoms with Crippen molar-refractivity contribution in [1.29, 1.82) is 0 Å². The van der Waals surface area contributed by atoms with Gasteiger partial charge in [0, 0.05) is 20.1 Å². The van der Waals surface area contributed by atoms with E-state index in [0.29, 0.717) is 0 Å². The number of guanidine groups is 1. The molecular weight excluding hydrogens is 321 g/mol. The van der Waals surface area contributed by atoms with Crippen molar-refractivity contribution in [3.05, 3.63) is 12.7 Å². The lowest BCUT2D eigenvalue weighted by Crippen LogP contribution is -2.37.